The van der Waals surface area contributed by atoms with Crippen molar-refractivity contribution in [3.63, 3.8) is 0 Å². The van der Waals surface area contributed by atoms with Crippen LogP contribution in [0.5, 0.6) is 0 Å². The molecule has 0 unspecified atom stereocenters. The van der Waals surface area contributed by atoms with Crippen molar-refractivity contribution in [1.29, 1.82) is 0 Å². The molecule has 0 fully saturated rings. The summed E-state index contributed by atoms with van der Waals surface area (Å²) in [5, 5.41) is 17.8. The van der Waals surface area contributed by atoms with E-state index in [2.05, 4.69) is 0 Å². The van der Waals surface area contributed by atoms with Gasteiger partial charge in [-0.25, -0.2) is 9.59 Å². The smallest absolute Gasteiger partial charge is 0.336 e. The van der Waals surface area contributed by atoms with Crippen LogP contribution in [0.1, 0.15) is 39.6 Å². The normalized spacial score (nSPS) is 10.6. The van der Waals surface area contributed by atoms with E-state index in [9.17, 15) is 9.59 Å². The number of carbonyl (C=O) groups is 2. The molecule has 0 bridgehead atoms. The predicted octanol–water partition coefficient (Wildman–Crippen LogP) is -0.261. The molecule has 7 nitrogen and oxygen atoms in total. The van der Waals surface area contributed by atoms with Crippen LogP contribution >= 0.6 is 0 Å². The van der Waals surface area contributed by atoms with E-state index >= 15 is 0 Å². The average molecular weight is 256 g/mol. The molecule has 0 atom stereocenters. The van der Waals surface area contributed by atoms with Gasteiger partial charge in [0.15, 0.2) is 0 Å². The average Bonchev–Trinajstić information content (AvgIpc) is 2.28. The Labute approximate surface area is 103 Å². The van der Waals surface area contributed by atoms with E-state index in [1.165, 1.54) is 18.2 Å². The third kappa shape index (κ3) is 3.04. The second-order valence-corrected chi connectivity index (χ2v) is 3.76. The second kappa shape index (κ2) is 5.58. The lowest BCUT2D eigenvalue weighted by atomic mass is 9.94. The Bertz CT molecular complexity index is 471. The fourth-order valence-corrected chi connectivity index (χ4v) is 1.40. The molecule has 0 saturated carbocycles. The molecule has 0 spiro atoms. The second-order valence-electron chi connectivity index (χ2n) is 3.76. The molecular formula is C11H16N2O5. The molecule has 8 N–H and O–H groups in total. The summed E-state index contributed by atoms with van der Waals surface area (Å²) < 4.78 is 0. The van der Waals surface area contributed by atoms with Gasteiger partial charge in [0.1, 0.15) is 0 Å². The van der Waals surface area contributed by atoms with E-state index in [-0.39, 0.29) is 16.6 Å². The van der Waals surface area contributed by atoms with Crippen LogP contribution in [-0.4, -0.2) is 27.6 Å². The number of hydrogen-bond donors (Lipinski definition) is 4. The van der Waals surface area contributed by atoms with Gasteiger partial charge in [-0.2, -0.15) is 0 Å². The van der Waals surface area contributed by atoms with E-state index in [4.69, 9.17) is 21.7 Å². The number of aromatic carboxylic acids is 2. The fraction of sp³-hybridized carbons (Fsp3) is 0.273. The Morgan fingerprint density at radius 3 is 2.06 bits per heavy atom. The quantitative estimate of drug-likeness (QED) is 0.543. The van der Waals surface area contributed by atoms with Gasteiger partial charge < -0.3 is 27.2 Å². The number of hydrogen-bond acceptors (Lipinski definition) is 4. The molecule has 0 aliphatic heterocycles. The van der Waals surface area contributed by atoms with Crippen LogP contribution in [0.2, 0.25) is 0 Å². The summed E-state index contributed by atoms with van der Waals surface area (Å²) in [6.45, 7) is 1.76. The summed E-state index contributed by atoms with van der Waals surface area (Å²) in [6, 6.07) is 3.83. The molecule has 0 aliphatic carbocycles. The number of carboxylic acids is 2. The molecule has 7 heteroatoms. The maximum absolute atomic E-state index is 10.9. The summed E-state index contributed by atoms with van der Waals surface area (Å²) in [5.74, 6) is -2.62. The summed E-state index contributed by atoms with van der Waals surface area (Å²) in [5.41, 5.74) is 10.2. The van der Waals surface area contributed by atoms with Crippen LogP contribution in [0.25, 0.3) is 0 Å². The number of rotatable bonds is 4. The Balaban J connectivity index is 0.00000289. The van der Waals surface area contributed by atoms with Gasteiger partial charge in [0.25, 0.3) is 0 Å². The highest BCUT2D eigenvalue weighted by molar-refractivity contribution is 6.01. The zero-order valence-electron chi connectivity index (χ0n) is 9.80. The predicted molar refractivity (Wildman–Crippen MR) is 64.3 cm³/mol. The van der Waals surface area contributed by atoms with Crippen molar-refractivity contribution in [3.8, 4) is 0 Å². The van der Waals surface area contributed by atoms with Crippen LogP contribution < -0.4 is 11.5 Å². The number of benzene rings is 1. The molecule has 0 amide bonds. The van der Waals surface area contributed by atoms with Gasteiger partial charge in [0.2, 0.25) is 0 Å². The van der Waals surface area contributed by atoms with Crippen LogP contribution in [0.3, 0.4) is 0 Å². The first-order chi connectivity index (χ1) is 7.79. The highest BCUT2D eigenvalue weighted by atomic mass is 16.4. The topological polar surface area (TPSA) is 158 Å². The van der Waals surface area contributed by atoms with Crippen molar-refractivity contribution in [2.75, 3.05) is 0 Å². The van der Waals surface area contributed by atoms with Gasteiger partial charge in [0, 0.05) is 0 Å². The molecule has 0 aromatic heterocycles. The minimum atomic E-state index is -1.32. The van der Waals surface area contributed by atoms with Crippen molar-refractivity contribution in [2.45, 2.75) is 19.0 Å². The van der Waals surface area contributed by atoms with Gasteiger partial charge in [-0.15, -0.1) is 0 Å². The van der Waals surface area contributed by atoms with Crippen LogP contribution in [-0.2, 0) is 5.66 Å². The molecule has 1 aromatic carbocycles. The molecule has 18 heavy (non-hydrogen) atoms. The van der Waals surface area contributed by atoms with Crippen molar-refractivity contribution in [2.24, 2.45) is 11.5 Å². The monoisotopic (exact) mass is 256 g/mol. The van der Waals surface area contributed by atoms with Crippen molar-refractivity contribution < 1.29 is 25.3 Å². The van der Waals surface area contributed by atoms with Crippen LogP contribution in [0.4, 0.5) is 0 Å². The van der Waals surface area contributed by atoms with Gasteiger partial charge in [0.05, 0.1) is 16.8 Å². The van der Waals surface area contributed by atoms with E-state index in [1.54, 1.807) is 6.92 Å². The van der Waals surface area contributed by atoms with Gasteiger partial charge in [-0.05, 0) is 24.1 Å². The van der Waals surface area contributed by atoms with Crippen LogP contribution in [0.15, 0.2) is 18.2 Å². The minimum absolute atomic E-state index is 0. The molecular weight excluding hydrogens is 240 g/mol. The Morgan fingerprint density at radius 2 is 1.67 bits per heavy atom. The standard InChI is InChI=1S/C11H14N2O4.H2O/c1-2-11(12,13)6-3-4-7(9(14)15)8(5-6)10(16)17;/h3-5H,2,12-13H2,1H3,(H,14,15)(H,16,17);1H2. The van der Waals surface area contributed by atoms with E-state index in [1.807, 2.05) is 0 Å². The highest BCUT2D eigenvalue weighted by Gasteiger charge is 2.23. The fourth-order valence-electron chi connectivity index (χ4n) is 1.40. The van der Waals surface area contributed by atoms with Gasteiger partial charge in [-0.1, -0.05) is 13.0 Å². The first-order valence-electron chi connectivity index (χ1n) is 4.98. The lowest BCUT2D eigenvalue weighted by Gasteiger charge is -2.23. The summed E-state index contributed by atoms with van der Waals surface area (Å²) in [6.07, 6.45) is 0.401. The Hall–Kier alpha value is -1.96. The van der Waals surface area contributed by atoms with E-state index in [0.29, 0.717) is 12.0 Å². The molecule has 0 heterocycles. The van der Waals surface area contributed by atoms with Crippen molar-refractivity contribution in [1.82, 2.24) is 0 Å². The molecule has 0 saturated heterocycles. The summed E-state index contributed by atoms with van der Waals surface area (Å²) in [7, 11) is 0. The zero-order valence-corrected chi connectivity index (χ0v) is 9.80. The molecule has 0 radical (unpaired) electrons. The Kier molecular flexibility index (Phi) is 4.98. The number of nitrogens with two attached hydrogens (primary N) is 2. The number of carboxylic acid groups (broad SMARTS) is 2. The molecule has 1 rings (SSSR count). The third-order valence-electron chi connectivity index (χ3n) is 2.60. The minimum Gasteiger partial charge on any atom is -0.478 e. The van der Waals surface area contributed by atoms with Gasteiger partial charge in [-0.3, -0.25) is 0 Å². The molecule has 1 aromatic rings. The van der Waals surface area contributed by atoms with Crippen molar-refractivity contribution in [3.05, 3.63) is 34.9 Å². The van der Waals surface area contributed by atoms with Crippen molar-refractivity contribution >= 4 is 11.9 Å². The summed E-state index contributed by atoms with van der Waals surface area (Å²) >= 11 is 0. The first kappa shape index (κ1) is 16.0. The third-order valence-corrected chi connectivity index (χ3v) is 2.60. The Morgan fingerprint density at radius 1 is 1.17 bits per heavy atom. The van der Waals surface area contributed by atoms with Crippen LogP contribution in [0, 0.1) is 0 Å². The first-order valence-corrected chi connectivity index (χ1v) is 4.98. The van der Waals surface area contributed by atoms with E-state index < -0.39 is 17.6 Å². The SMILES string of the molecule is CCC(N)(N)c1ccc(C(=O)O)c(C(=O)O)c1.O. The lowest BCUT2D eigenvalue weighted by Crippen LogP contribution is -2.45. The van der Waals surface area contributed by atoms with Gasteiger partial charge >= 0.3 is 11.9 Å². The highest BCUT2D eigenvalue weighted by Crippen LogP contribution is 2.20. The van der Waals surface area contributed by atoms with E-state index in [0.717, 1.165) is 0 Å². The molecule has 0 aliphatic rings. The summed E-state index contributed by atoms with van der Waals surface area (Å²) in [4.78, 5) is 21.8. The molecule has 100 valence electrons. The largest absolute Gasteiger partial charge is 0.478 e. The zero-order chi connectivity index (χ0) is 13.2. The maximum Gasteiger partial charge on any atom is 0.336 e. The lowest BCUT2D eigenvalue weighted by molar-refractivity contribution is 0.0651. The maximum atomic E-state index is 10.9.